The lowest BCUT2D eigenvalue weighted by atomic mass is 9.42. The van der Waals surface area contributed by atoms with Crippen LogP contribution in [0.3, 0.4) is 0 Å². The molecule has 0 bridgehead atoms. The molecule has 1 aromatic rings. The maximum Gasteiger partial charge on any atom is 0.313 e. The third kappa shape index (κ3) is 2.42. The molecule has 30 heavy (non-hydrogen) atoms. The van der Waals surface area contributed by atoms with Gasteiger partial charge in [-0.25, -0.2) is 0 Å². The van der Waals surface area contributed by atoms with Crippen LogP contribution in [0.1, 0.15) is 44.3 Å². The van der Waals surface area contributed by atoms with Gasteiger partial charge in [0.15, 0.2) is 11.4 Å². The zero-order valence-corrected chi connectivity index (χ0v) is 17.3. The van der Waals surface area contributed by atoms with E-state index in [0.29, 0.717) is 25.7 Å². The Morgan fingerprint density at radius 1 is 1.33 bits per heavy atom. The SMILES string of the molecule is COCOC[C@@]12[C@H](O)C[C@@H](C)[C@]3(C[C@@H](c4ccoc4)OC3=O)[C@H]1CCC(=O)[C@]21CO1. The van der Waals surface area contributed by atoms with Gasteiger partial charge in [0.2, 0.25) is 0 Å². The Kier molecular flexibility index (Phi) is 4.63. The maximum atomic E-state index is 13.5. The summed E-state index contributed by atoms with van der Waals surface area (Å²) in [5, 5.41) is 11.4. The number of ketones is 1. The third-order valence-corrected chi connectivity index (χ3v) is 8.20. The first-order valence-electron chi connectivity index (χ1n) is 10.6. The Bertz CT molecular complexity index is 830. The zero-order valence-electron chi connectivity index (χ0n) is 17.3. The molecule has 0 unspecified atom stereocenters. The molecule has 164 valence electrons. The molecule has 4 fully saturated rings. The van der Waals surface area contributed by atoms with Crippen molar-refractivity contribution < 1.29 is 38.1 Å². The molecule has 2 saturated heterocycles. The summed E-state index contributed by atoms with van der Waals surface area (Å²) in [4.78, 5) is 26.5. The van der Waals surface area contributed by atoms with Gasteiger partial charge in [-0.2, -0.15) is 0 Å². The number of hydrogen-bond donors (Lipinski definition) is 1. The highest BCUT2D eigenvalue weighted by Crippen LogP contribution is 2.70. The van der Waals surface area contributed by atoms with Crippen LogP contribution in [-0.2, 0) is 28.5 Å². The van der Waals surface area contributed by atoms with Crippen LogP contribution in [0.25, 0.3) is 0 Å². The molecule has 5 rings (SSSR count). The van der Waals surface area contributed by atoms with E-state index in [9.17, 15) is 14.7 Å². The summed E-state index contributed by atoms with van der Waals surface area (Å²) in [6.07, 6.45) is 3.61. The monoisotopic (exact) mass is 420 g/mol. The summed E-state index contributed by atoms with van der Waals surface area (Å²) in [6, 6.07) is 1.81. The first-order valence-corrected chi connectivity index (χ1v) is 10.6. The average molecular weight is 420 g/mol. The second kappa shape index (κ2) is 6.88. The minimum Gasteiger partial charge on any atom is -0.472 e. The van der Waals surface area contributed by atoms with E-state index >= 15 is 0 Å². The van der Waals surface area contributed by atoms with Crippen LogP contribution in [0, 0.1) is 22.7 Å². The molecule has 1 aromatic heterocycles. The van der Waals surface area contributed by atoms with Crippen molar-refractivity contribution >= 4 is 11.8 Å². The molecule has 2 spiro atoms. The third-order valence-electron chi connectivity index (χ3n) is 8.20. The molecule has 1 N–H and O–H groups in total. The quantitative estimate of drug-likeness (QED) is 0.334. The van der Waals surface area contributed by atoms with Gasteiger partial charge in [0, 0.05) is 25.5 Å². The standard InChI is InChI=1S/C22H28O8/c1-13-7-18(24)21(10-28-12-26-2)16(3-4-17(23)22(21)11-29-22)20(13)8-15(30-19(20)25)14-5-6-27-9-14/h5-6,9,13,15-16,18,24H,3-4,7-8,10-12H2,1-2H3/t13-,15+,16-,18-,20-,21+,22-/m1/s1. The molecular formula is C22H28O8. The van der Waals surface area contributed by atoms with Gasteiger partial charge in [0.25, 0.3) is 0 Å². The number of hydrogen-bond acceptors (Lipinski definition) is 8. The number of fused-ring (bicyclic) bond motifs is 3. The van der Waals surface area contributed by atoms with Gasteiger partial charge in [-0.05, 0) is 30.7 Å². The Morgan fingerprint density at radius 2 is 2.13 bits per heavy atom. The molecule has 2 aliphatic carbocycles. The van der Waals surface area contributed by atoms with E-state index in [4.69, 9.17) is 23.4 Å². The highest BCUT2D eigenvalue weighted by Gasteiger charge is 2.79. The van der Waals surface area contributed by atoms with Crippen LogP contribution in [0.5, 0.6) is 0 Å². The highest BCUT2D eigenvalue weighted by molar-refractivity contribution is 5.93. The van der Waals surface area contributed by atoms with Crippen molar-refractivity contribution in [2.45, 2.75) is 50.4 Å². The van der Waals surface area contributed by atoms with E-state index in [2.05, 4.69) is 0 Å². The van der Waals surface area contributed by atoms with Crippen LogP contribution in [0.2, 0.25) is 0 Å². The van der Waals surface area contributed by atoms with E-state index in [1.165, 1.54) is 7.11 Å². The topological polar surface area (TPSA) is 108 Å². The van der Waals surface area contributed by atoms with Crippen LogP contribution in [0.15, 0.2) is 23.0 Å². The summed E-state index contributed by atoms with van der Waals surface area (Å²) in [5.74, 6) is -0.688. The second-order valence-electron chi connectivity index (χ2n) is 9.27. The number of epoxide rings is 1. The number of methoxy groups -OCH3 is 1. The van der Waals surface area contributed by atoms with Crippen molar-refractivity contribution in [1.29, 1.82) is 0 Å². The molecule has 2 saturated carbocycles. The first kappa shape index (κ1) is 20.2. The number of Topliss-reactive ketones (excluding diaryl/α,β-unsaturated/α-hetero) is 1. The molecule has 2 aliphatic heterocycles. The summed E-state index contributed by atoms with van der Waals surface area (Å²) in [6.45, 7) is 2.38. The number of carbonyl (C=O) groups is 2. The molecule has 4 aliphatic rings. The van der Waals surface area contributed by atoms with E-state index in [0.717, 1.165) is 5.56 Å². The molecule has 7 atom stereocenters. The predicted molar refractivity (Wildman–Crippen MR) is 101 cm³/mol. The largest absolute Gasteiger partial charge is 0.472 e. The smallest absolute Gasteiger partial charge is 0.313 e. The number of carbonyl (C=O) groups excluding carboxylic acids is 2. The Hall–Kier alpha value is -1.74. The summed E-state index contributed by atoms with van der Waals surface area (Å²) >= 11 is 0. The van der Waals surface area contributed by atoms with Crippen molar-refractivity contribution in [2.24, 2.45) is 22.7 Å². The van der Waals surface area contributed by atoms with Gasteiger partial charge in [-0.15, -0.1) is 0 Å². The first-order chi connectivity index (χ1) is 14.4. The van der Waals surface area contributed by atoms with E-state index < -0.39 is 28.6 Å². The molecule has 3 heterocycles. The van der Waals surface area contributed by atoms with E-state index in [1.807, 2.05) is 13.0 Å². The minimum absolute atomic E-state index is 0.0127. The number of aliphatic hydroxyl groups is 1. The molecule has 0 amide bonds. The van der Waals surface area contributed by atoms with Crippen LogP contribution in [-0.4, -0.2) is 55.7 Å². The number of rotatable bonds is 5. The molecule has 0 radical (unpaired) electrons. The fraction of sp³-hybridized carbons (Fsp3) is 0.727. The fourth-order valence-corrected chi connectivity index (χ4v) is 6.70. The van der Waals surface area contributed by atoms with Gasteiger partial charge in [0.1, 0.15) is 12.9 Å². The van der Waals surface area contributed by atoms with E-state index in [1.54, 1.807) is 12.5 Å². The van der Waals surface area contributed by atoms with Gasteiger partial charge < -0.3 is 28.5 Å². The van der Waals surface area contributed by atoms with Crippen LogP contribution in [0.4, 0.5) is 0 Å². The summed E-state index contributed by atoms with van der Waals surface area (Å²) in [7, 11) is 1.52. The lowest BCUT2D eigenvalue weighted by Crippen LogP contribution is -2.70. The lowest BCUT2D eigenvalue weighted by Gasteiger charge is -2.60. The van der Waals surface area contributed by atoms with Crippen molar-refractivity contribution in [3.63, 3.8) is 0 Å². The molecule has 8 heteroatoms. The Balaban J connectivity index is 1.59. The van der Waals surface area contributed by atoms with Crippen molar-refractivity contribution in [1.82, 2.24) is 0 Å². The van der Waals surface area contributed by atoms with Crippen molar-refractivity contribution in [3.8, 4) is 0 Å². The number of cyclic esters (lactones) is 1. The van der Waals surface area contributed by atoms with Gasteiger partial charge in [-0.3, -0.25) is 9.59 Å². The zero-order chi connectivity index (χ0) is 21.1. The molecule has 8 nitrogen and oxygen atoms in total. The summed E-state index contributed by atoms with van der Waals surface area (Å²) in [5.41, 5.74) is -2.09. The lowest BCUT2D eigenvalue weighted by molar-refractivity contribution is -0.225. The number of furan rings is 1. The van der Waals surface area contributed by atoms with Crippen molar-refractivity contribution in [3.05, 3.63) is 24.2 Å². The number of esters is 1. The van der Waals surface area contributed by atoms with Gasteiger partial charge >= 0.3 is 5.97 Å². The van der Waals surface area contributed by atoms with Crippen molar-refractivity contribution in [2.75, 3.05) is 27.1 Å². The van der Waals surface area contributed by atoms with Crippen LogP contribution >= 0.6 is 0 Å². The average Bonchev–Trinajstić information content (AvgIpc) is 3.18. The van der Waals surface area contributed by atoms with E-state index in [-0.39, 0.29) is 43.6 Å². The Morgan fingerprint density at radius 3 is 2.80 bits per heavy atom. The molecular weight excluding hydrogens is 392 g/mol. The second-order valence-corrected chi connectivity index (χ2v) is 9.27. The number of ether oxygens (including phenoxy) is 4. The number of aliphatic hydroxyl groups excluding tert-OH is 1. The van der Waals surface area contributed by atoms with Gasteiger partial charge in [0.05, 0.1) is 42.7 Å². The highest BCUT2D eigenvalue weighted by atomic mass is 16.7. The maximum absolute atomic E-state index is 13.5. The van der Waals surface area contributed by atoms with Gasteiger partial charge in [-0.1, -0.05) is 6.92 Å². The fourth-order valence-electron chi connectivity index (χ4n) is 6.70. The Labute approximate surface area is 174 Å². The molecule has 0 aromatic carbocycles. The normalized spacial score (nSPS) is 45.0. The summed E-state index contributed by atoms with van der Waals surface area (Å²) < 4.78 is 27.7. The predicted octanol–water partition coefficient (Wildman–Crippen LogP) is 2.01. The van der Waals surface area contributed by atoms with Crippen LogP contribution < -0.4 is 0 Å². The minimum atomic E-state index is -1.09.